The number of hydrogen-bond acceptors (Lipinski definition) is 1. The Morgan fingerprint density at radius 2 is 2.09 bits per heavy atom. The maximum atomic E-state index is 13.1. The van der Waals surface area contributed by atoms with Gasteiger partial charge in [-0.05, 0) is 47.6 Å². The fourth-order valence-electron chi connectivity index (χ4n) is 3.22. The molecule has 2 aromatic carbocycles. The van der Waals surface area contributed by atoms with E-state index >= 15 is 0 Å². The largest absolute Gasteiger partial charge is 0.341 e. The molecule has 4 heteroatoms. The van der Waals surface area contributed by atoms with E-state index in [1.165, 1.54) is 23.3 Å². The van der Waals surface area contributed by atoms with Gasteiger partial charge < -0.3 is 4.90 Å². The fraction of sp³-hybridized carbons (Fsp3) is 0.316. The highest BCUT2D eigenvalue weighted by Gasteiger charge is 2.25. The Bertz CT molecular complexity index is 731. The van der Waals surface area contributed by atoms with Gasteiger partial charge in [-0.15, -0.1) is 0 Å². The maximum Gasteiger partial charge on any atom is 0.223 e. The van der Waals surface area contributed by atoms with Crippen molar-refractivity contribution in [1.29, 1.82) is 0 Å². The number of hydrogen-bond donors (Lipinski definition) is 0. The van der Waals surface area contributed by atoms with Crippen LogP contribution in [0.5, 0.6) is 0 Å². The monoisotopic (exact) mass is 331 g/mol. The molecule has 2 aromatic rings. The van der Waals surface area contributed by atoms with Gasteiger partial charge >= 0.3 is 0 Å². The fourth-order valence-corrected chi connectivity index (χ4v) is 3.44. The van der Waals surface area contributed by atoms with Crippen molar-refractivity contribution in [1.82, 2.24) is 4.90 Å². The summed E-state index contributed by atoms with van der Waals surface area (Å²) in [6.07, 6.45) is 2.57. The van der Waals surface area contributed by atoms with Crippen LogP contribution >= 0.6 is 11.6 Å². The lowest BCUT2D eigenvalue weighted by atomic mass is 9.97. The molecule has 0 aromatic heterocycles. The van der Waals surface area contributed by atoms with Crippen LogP contribution in [0.3, 0.4) is 0 Å². The van der Waals surface area contributed by atoms with E-state index in [0.717, 1.165) is 18.4 Å². The van der Waals surface area contributed by atoms with E-state index in [-0.39, 0.29) is 11.7 Å². The number of halogens is 2. The quantitative estimate of drug-likeness (QED) is 0.804. The number of benzene rings is 2. The molecule has 0 radical (unpaired) electrons. The van der Waals surface area contributed by atoms with Gasteiger partial charge in [0, 0.05) is 25.0 Å². The molecule has 0 aliphatic heterocycles. The Kier molecular flexibility index (Phi) is 4.67. The van der Waals surface area contributed by atoms with Crippen LogP contribution in [0, 0.1) is 5.82 Å². The summed E-state index contributed by atoms with van der Waals surface area (Å²) in [6, 6.07) is 12.6. The third-order valence-corrected chi connectivity index (χ3v) is 4.88. The number of carbonyl (C=O) groups is 1. The van der Waals surface area contributed by atoms with Crippen molar-refractivity contribution < 1.29 is 9.18 Å². The third kappa shape index (κ3) is 3.56. The smallest absolute Gasteiger partial charge is 0.223 e. The minimum absolute atomic E-state index is 0.0899. The van der Waals surface area contributed by atoms with Gasteiger partial charge in [-0.1, -0.05) is 41.9 Å². The van der Waals surface area contributed by atoms with E-state index in [4.69, 9.17) is 11.6 Å². The van der Waals surface area contributed by atoms with E-state index in [1.54, 1.807) is 18.0 Å². The molecule has 0 N–H and O–H groups in total. The molecule has 1 unspecified atom stereocenters. The van der Waals surface area contributed by atoms with E-state index < -0.39 is 0 Å². The molecular weight excluding hydrogens is 313 g/mol. The topological polar surface area (TPSA) is 20.3 Å². The zero-order valence-electron chi connectivity index (χ0n) is 13.1. The summed E-state index contributed by atoms with van der Waals surface area (Å²) < 4.78 is 13.1. The first-order valence-corrected chi connectivity index (χ1v) is 8.18. The molecule has 1 aliphatic carbocycles. The number of fused-ring (bicyclic) bond motifs is 1. The first-order valence-electron chi connectivity index (χ1n) is 7.80. The van der Waals surface area contributed by atoms with Crippen LogP contribution in [0.4, 0.5) is 4.39 Å². The van der Waals surface area contributed by atoms with E-state index in [1.807, 2.05) is 12.1 Å². The summed E-state index contributed by atoms with van der Waals surface area (Å²) in [4.78, 5) is 14.2. The van der Waals surface area contributed by atoms with Crippen LogP contribution in [-0.4, -0.2) is 17.9 Å². The van der Waals surface area contributed by atoms with Crippen molar-refractivity contribution >= 4 is 17.5 Å². The molecule has 0 fully saturated rings. The lowest BCUT2D eigenvalue weighted by Crippen LogP contribution is -2.27. The zero-order chi connectivity index (χ0) is 16.4. The number of carbonyl (C=O) groups excluding carboxylic acids is 1. The third-order valence-electron chi connectivity index (χ3n) is 4.53. The van der Waals surface area contributed by atoms with Gasteiger partial charge in [-0.2, -0.15) is 0 Å². The molecule has 1 amide bonds. The predicted octanol–water partition coefficient (Wildman–Crippen LogP) is 4.56. The molecule has 0 heterocycles. The molecule has 0 bridgehead atoms. The van der Waals surface area contributed by atoms with Gasteiger partial charge in [0.2, 0.25) is 5.91 Å². The first-order chi connectivity index (χ1) is 11.0. The molecule has 120 valence electrons. The van der Waals surface area contributed by atoms with E-state index in [2.05, 4.69) is 12.1 Å². The maximum absolute atomic E-state index is 13.1. The summed E-state index contributed by atoms with van der Waals surface area (Å²) in [5.74, 6) is 0.0206. The van der Waals surface area contributed by atoms with Crippen molar-refractivity contribution in [2.75, 3.05) is 7.05 Å². The van der Waals surface area contributed by atoms with Gasteiger partial charge in [-0.25, -0.2) is 4.39 Å². The lowest BCUT2D eigenvalue weighted by molar-refractivity contribution is -0.130. The summed E-state index contributed by atoms with van der Waals surface area (Å²) in [7, 11) is 1.77. The number of aryl methyl sites for hydroxylation is 1. The van der Waals surface area contributed by atoms with Gasteiger partial charge in [0.15, 0.2) is 0 Å². The second kappa shape index (κ2) is 6.71. The molecule has 0 saturated heterocycles. The number of nitrogens with zero attached hydrogens (tertiary/aromatic N) is 1. The summed E-state index contributed by atoms with van der Waals surface area (Å²) >= 11 is 6.04. The average Bonchev–Trinajstić information content (AvgIpc) is 2.93. The Morgan fingerprint density at radius 3 is 2.87 bits per heavy atom. The minimum atomic E-state index is -0.365. The highest BCUT2D eigenvalue weighted by Crippen LogP contribution is 2.35. The minimum Gasteiger partial charge on any atom is -0.341 e. The van der Waals surface area contributed by atoms with Crippen LogP contribution in [0.2, 0.25) is 5.02 Å². The molecule has 1 atom stereocenters. The van der Waals surface area contributed by atoms with Gasteiger partial charge in [0.1, 0.15) is 5.82 Å². The molecule has 0 spiro atoms. The molecule has 3 rings (SSSR count). The van der Waals surface area contributed by atoms with Crippen LogP contribution < -0.4 is 0 Å². The van der Waals surface area contributed by atoms with Crippen molar-refractivity contribution in [2.24, 2.45) is 0 Å². The van der Waals surface area contributed by atoms with Crippen molar-refractivity contribution in [3.63, 3.8) is 0 Å². The van der Waals surface area contributed by atoms with Crippen LogP contribution in [0.15, 0.2) is 42.5 Å². The van der Waals surface area contributed by atoms with E-state index in [9.17, 15) is 9.18 Å². The molecular formula is C19H19ClFNO. The number of amides is 1. The van der Waals surface area contributed by atoms with Crippen LogP contribution in [0.25, 0.3) is 0 Å². The van der Waals surface area contributed by atoms with Gasteiger partial charge in [0.25, 0.3) is 0 Å². The summed E-state index contributed by atoms with van der Waals surface area (Å²) in [5.41, 5.74) is 3.42. The molecule has 23 heavy (non-hydrogen) atoms. The Hall–Kier alpha value is -1.87. The number of rotatable bonds is 4. The summed E-state index contributed by atoms with van der Waals surface area (Å²) in [5, 5.41) is 0.357. The van der Waals surface area contributed by atoms with Gasteiger partial charge in [0.05, 0.1) is 0 Å². The average molecular weight is 332 g/mol. The van der Waals surface area contributed by atoms with Crippen molar-refractivity contribution in [3.8, 4) is 0 Å². The van der Waals surface area contributed by atoms with Crippen molar-refractivity contribution in [2.45, 2.75) is 31.7 Å². The standard InChI is InChI=1S/C19H19ClFNO/c1-22(12-15-8-9-16(21)11-18(15)20)19(23)10-14-7-6-13-4-2-3-5-17(13)14/h2-5,8-9,11,14H,6-7,10,12H2,1H3. The van der Waals surface area contributed by atoms with Crippen LogP contribution in [0.1, 0.15) is 35.4 Å². The Labute approximate surface area is 140 Å². The lowest BCUT2D eigenvalue weighted by Gasteiger charge is -2.20. The second-order valence-electron chi connectivity index (χ2n) is 6.12. The zero-order valence-corrected chi connectivity index (χ0v) is 13.8. The Balaban J connectivity index is 1.64. The van der Waals surface area contributed by atoms with Gasteiger partial charge in [-0.3, -0.25) is 4.79 Å². The van der Waals surface area contributed by atoms with E-state index in [0.29, 0.717) is 23.9 Å². The SMILES string of the molecule is CN(Cc1ccc(F)cc1Cl)C(=O)CC1CCc2ccccc21. The summed E-state index contributed by atoms with van der Waals surface area (Å²) in [6.45, 7) is 0.395. The molecule has 0 saturated carbocycles. The first kappa shape index (κ1) is 16.0. The highest BCUT2D eigenvalue weighted by molar-refractivity contribution is 6.31. The second-order valence-corrected chi connectivity index (χ2v) is 6.53. The normalized spacial score (nSPS) is 16.2. The molecule has 2 nitrogen and oxygen atoms in total. The molecule has 1 aliphatic rings. The van der Waals surface area contributed by atoms with Crippen molar-refractivity contribution in [3.05, 3.63) is 70.0 Å². The van der Waals surface area contributed by atoms with Crippen LogP contribution in [-0.2, 0) is 17.8 Å². The highest BCUT2D eigenvalue weighted by atomic mass is 35.5. The Morgan fingerprint density at radius 1 is 1.30 bits per heavy atom. The predicted molar refractivity (Wildman–Crippen MR) is 90.0 cm³/mol.